The van der Waals surface area contributed by atoms with Crippen molar-refractivity contribution in [2.75, 3.05) is 0 Å². The molecule has 3 aromatic rings. The lowest BCUT2D eigenvalue weighted by Crippen LogP contribution is -2.07. The third-order valence-corrected chi connectivity index (χ3v) is 4.23. The Kier molecular flexibility index (Phi) is 3.79. The molecule has 7 heteroatoms. The van der Waals surface area contributed by atoms with Crippen LogP contribution in [0.5, 0.6) is 0 Å². The molecule has 0 aliphatic heterocycles. The summed E-state index contributed by atoms with van der Waals surface area (Å²) in [4.78, 5) is 2.38. The maximum absolute atomic E-state index is 13.3. The molecule has 1 N–H and O–H groups in total. The van der Waals surface area contributed by atoms with Gasteiger partial charge >= 0.3 is 6.18 Å². The number of halogens is 6. The molecule has 0 aliphatic carbocycles. The van der Waals surface area contributed by atoms with Crippen molar-refractivity contribution in [2.24, 2.45) is 0 Å². The Balaban J connectivity index is 2.38. The first-order valence-corrected chi connectivity index (χ1v) is 7.24. The summed E-state index contributed by atoms with van der Waals surface area (Å²) in [7, 11) is 0. The summed E-state index contributed by atoms with van der Waals surface area (Å²) < 4.78 is 40.0. The lowest BCUT2D eigenvalue weighted by Gasteiger charge is -2.09. The fourth-order valence-corrected chi connectivity index (χ4v) is 2.77. The molecule has 1 heterocycles. The molecule has 0 saturated carbocycles. The Morgan fingerprint density at radius 2 is 1.45 bits per heavy atom. The van der Waals surface area contributed by atoms with Crippen LogP contribution in [0, 0.1) is 0 Å². The van der Waals surface area contributed by atoms with Crippen LogP contribution in [0.15, 0.2) is 36.4 Å². The highest BCUT2D eigenvalue weighted by molar-refractivity contribution is 6.43. The molecule has 114 valence electrons. The van der Waals surface area contributed by atoms with Crippen molar-refractivity contribution in [2.45, 2.75) is 6.18 Å². The van der Waals surface area contributed by atoms with Crippen LogP contribution in [0.3, 0.4) is 0 Å². The van der Waals surface area contributed by atoms with Crippen LogP contribution >= 0.6 is 34.8 Å². The van der Waals surface area contributed by atoms with Crippen LogP contribution in [0.1, 0.15) is 5.69 Å². The van der Waals surface area contributed by atoms with Crippen molar-refractivity contribution in [3.05, 3.63) is 57.2 Å². The second kappa shape index (κ2) is 5.37. The second-order valence-electron chi connectivity index (χ2n) is 4.69. The van der Waals surface area contributed by atoms with E-state index in [0.717, 1.165) is 0 Å². The van der Waals surface area contributed by atoms with E-state index in [1.807, 2.05) is 0 Å². The summed E-state index contributed by atoms with van der Waals surface area (Å²) in [6.07, 6.45) is -4.53. The Morgan fingerprint density at radius 3 is 2.05 bits per heavy atom. The van der Waals surface area contributed by atoms with Crippen LogP contribution in [0.25, 0.3) is 22.0 Å². The average Bonchev–Trinajstić information content (AvgIpc) is 2.79. The summed E-state index contributed by atoms with van der Waals surface area (Å²) in [5.41, 5.74) is -0.158. The lowest BCUT2D eigenvalue weighted by atomic mass is 10.0. The number of H-pyrrole nitrogens is 1. The van der Waals surface area contributed by atoms with Crippen LogP contribution < -0.4 is 0 Å². The van der Waals surface area contributed by atoms with Gasteiger partial charge in [0.1, 0.15) is 5.69 Å². The van der Waals surface area contributed by atoms with E-state index in [1.165, 1.54) is 36.4 Å². The minimum absolute atomic E-state index is 0.0257. The molecule has 0 atom stereocenters. The number of hydrogen-bond donors (Lipinski definition) is 1. The number of rotatable bonds is 1. The summed E-state index contributed by atoms with van der Waals surface area (Å²) in [6.45, 7) is 0. The summed E-state index contributed by atoms with van der Waals surface area (Å²) in [6, 6.07) is 8.94. The normalized spacial score (nSPS) is 12.1. The zero-order valence-electron chi connectivity index (χ0n) is 10.7. The molecule has 1 aromatic heterocycles. The number of benzene rings is 2. The summed E-state index contributed by atoms with van der Waals surface area (Å²) in [5, 5.41) is 1.17. The van der Waals surface area contributed by atoms with Crippen molar-refractivity contribution >= 4 is 45.7 Å². The van der Waals surface area contributed by atoms with E-state index < -0.39 is 11.9 Å². The van der Waals surface area contributed by atoms with Gasteiger partial charge in [-0.25, -0.2) is 0 Å². The number of fused-ring (bicyclic) bond motifs is 1. The van der Waals surface area contributed by atoms with Gasteiger partial charge in [-0.15, -0.1) is 0 Å². The highest BCUT2D eigenvalue weighted by atomic mass is 35.5. The van der Waals surface area contributed by atoms with E-state index in [9.17, 15) is 13.2 Å². The first-order valence-electron chi connectivity index (χ1n) is 6.11. The maximum Gasteiger partial charge on any atom is 0.431 e. The van der Waals surface area contributed by atoms with Gasteiger partial charge in [0.2, 0.25) is 0 Å². The molecular weight excluding hydrogens is 358 g/mol. The van der Waals surface area contributed by atoms with Crippen molar-refractivity contribution in [3.8, 4) is 11.1 Å². The van der Waals surface area contributed by atoms with Gasteiger partial charge in [-0.1, -0.05) is 46.9 Å². The standard InChI is InChI=1S/C15H7Cl3F3N/c16-8-3-1-7(2-4-8)13-9-5-10(17)11(18)6-12(9)22-14(13)15(19,20)21/h1-6,22H. The predicted octanol–water partition coefficient (Wildman–Crippen LogP) is 6.81. The quantitative estimate of drug-likeness (QED) is 0.488. The van der Waals surface area contributed by atoms with Crippen molar-refractivity contribution in [3.63, 3.8) is 0 Å². The van der Waals surface area contributed by atoms with Gasteiger partial charge < -0.3 is 4.98 Å². The summed E-state index contributed by atoms with van der Waals surface area (Å²) >= 11 is 17.6. The van der Waals surface area contributed by atoms with E-state index in [2.05, 4.69) is 4.98 Å². The Labute approximate surface area is 138 Å². The molecule has 0 radical (unpaired) electrons. The van der Waals surface area contributed by atoms with Crippen molar-refractivity contribution in [1.82, 2.24) is 4.98 Å². The van der Waals surface area contributed by atoms with Crippen LogP contribution in [-0.2, 0) is 6.18 Å². The van der Waals surface area contributed by atoms with Crippen molar-refractivity contribution < 1.29 is 13.2 Å². The van der Waals surface area contributed by atoms with Crippen LogP contribution in [0.2, 0.25) is 15.1 Å². The lowest BCUT2D eigenvalue weighted by molar-refractivity contribution is -0.140. The Bertz CT molecular complexity index is 851. The molecule has 1 nitrogen and oxygen atoms in total. The Hall–Kier alpha value is -1.36. The smallest absolute Gasteiger partial charge is 0.350 e. The number of aromatic nitrogens is 1. The van der Waals surface area contributed by atoms with E-state index in [4.69, 9.17) is 34.8 Å². The average molecular weight is 365 g/mol. The minimum Gasteiger partial charge on any atom is -0.350 e. The largest absolute Gasteiger partial charge is 0.431 e. The summed E-state index contributed by atoms with van der Waals surface area (Å²) in [5.74, 6) is 0. The van der Waals surface area contributed by atoms with Crippen LogP contribution in [-0.4, -0.2) is 4.98 Å². The van der Waals surface area contributed by atoms with Gasteiger partial charge in [-0.3, -0.25) is 0 Å². The van der Waals surface area contributed by atoms with E-state index in [0.29, 0.717) is 16.0 Å². The first-order chi connectivity index (χ1) is 10.3. The zero-order chi connectivity index (χ0) is 16.1. The Morgan fingerprint density at radius 1 is 0.864 bits per heavy atom. The van der Waals surface area contributed by atoms with E-state index >= 15 is 0 Å². The number of alkyl halides is 3. The monoisotopic (exact) mass is 363 g/mol. The van der Waals surface area contributed by atoms with Gasteiger partial charge in [0.05, 0.1) is 10.0 Å². The molecule has 3 rings (SSSR count). The fourth-order valence-electron chi connectivity index (χ4n) is 2.32. The van der Waals surface area contributed by atoms with Crippen molar-refractivity contribution in [1.29, 1.82) is 0 Å². The fraction of sp³-hybridized carbons (Fsp3) is 0.0667. The second-order valence-corrected chi connectivity index (χ2v) is 5.94. The van der Waals surface area contributed by atoms with Gasteiger partial charge in [-0.2, -0.15) is 13.2 Å². The molecule has 22 heavy (non-hydrogen) atoms. The van der Waals surface area contributed by atoms with Gasteiger partial charge in [0, 0.05) is 21.5 Å². The molecule has 0 fully saturated rings. The molecule has 0 unspecified atom stereocenters. The van der Waals surface area contributed by atoms with Gasteiger partial charge in [0.15, 0.2) is 0 Å². The highest BCUT2D eigenvalue weighted by Crippen LogP contribution is 2.43. The third-order valence-electron chi connectivity index (χ3n) is 3.26. The SMILES string of the molecule is FC(F)(F)c1[nH]c2cc(Cl)c(Cl)cc2c1-c1ccc(Cl)cc1. The topological polar surface area (TPSA) is 15.8 Å². The third kappa shape index (κ3) is 2.67. The van der Waals surface area contributed by atoms with Gasteiger partial charge in [-0.05, 0) is 29.8 Å². The highest BCUT2D eigenvalue weighted by Gasteiger charge is 2.37. The molecule has 2 aromatic carbocycles. The number of hydrogen-bond acceptors (Lipinski definition) is 0. The van der Waals surface area contributed by atoms with Crippen LogP contribution in [0.4, 0.5) is 13.2 Å². The van der Waals surface area contributed by atoms with Gasteiger partial charge in [0.25, 0.3) is 0 Å². The van der Waals surface area contributed by atoms with E-state index in [-0.39, 0.29) is 21.1 Å². The molecule has 0 saturated heterocycles. The molecular formula is C15H7Cl3F3N. The molecule has 0 spiro atoms. The number of nitrogens with one attached hydrogen (secondary N) is 1. The first kappa shape index (κ1) is 15.5. The molecule has 0 aliphatic rings. The zero-order valence-corrected chi connectivity index (χ0v) is 13.0. The molecule has 0 amide bonds. The maximum atomic E-state index is 13.3. The predicted molar refractivity (Wildman–Crippen MR) is 83.8 cm³/mol. The molecule has 0 bridgehead atoms. The van der Waals surface area contributed by atoms with E-state index in [1.54, 1.807) is 0 Å². The minimum atomic E-state index is -4.53. The number of aromatic amines is 1.